The molecule has 29 heavy (non-hydrogen) atoms. The molecule has 8 heteroatoms. The fraction of sp³-hybridized carbons (Fsp3) is 0.0476. The fourth-order valence-electron chi connectivity index (χ4n) is 2.91. The number of esters is 1. The summed E-state index contributed by atoms with van der Waals surface area (Å²) in [5.41, 5.74) is 0.944. The molecule has 2 aromatic rings. The van der Waals surface area contributed by atoms with Crippen LogP contribution >= 0.6 is 12.2 Å². The van der Waals surface area contributed by atoms with Crippen LogP contribution in [0.4, 0.5) is 0 Å². The van der Waals surface area contributed by atoms with Gasteiger partial charge in [-0.05, 0) is 48.1 Å². The van der Waals surface area contributed by atoms with E-state index in [9.17, 15) is 14.4 Å². The van der Waals surface area contributed by atoms with Crippen LogP contribution < -0.4 is 14.8 Å². The summed E-state index contributed by atoms with van der Waals surface area (Å²) in [7, 11) is 1.56. The van der Waals surface area contributed by atoms with E-state index in [4.69, 9.17) is 21.7 Å². The number of hydrogen-bond donors (Lipinski definition) is 1. The monoisotopic (exact) mass is 406 g/mol. The maximum absolute atomic E-state index is 12.8. The van der Waals surface area contributed by atoms with Crippen LogP contribution in [-0.4, -0.2) is 34.8 Å². The van der Waals surface area contributed by atoms with Gasteiger partial charge < -0.3 is 14.8 Å². The van der Waals surface area contributed by atoms with Crippen molar-refractivity contribution in [1.82, 2.24) is 10.2 Å². The highest BCUT2D eigenvalue weighted by Gasteiger charge is 2.35. The van der Waals surface area contributed by atoms with Crippen LogP contribution in [-0.2, 0) is 9.59 Å². The number of nitrogens with one attached hydrogen (secondary N) is 1. The zero-order chi connectivity index (χ0) is 20.5. The highest BCUT2D eigenvalue weighted by Crippen LogP contribution is 2.28. The molecule has 4 rings (SSSR count). The molecule has 144 valence electrons. The molecule has 1 amide bonds. The number of methoxy groups -OCH3 is 1. The normalized spacial score (nSPS) is 18.7. The first-order valence-corrected chi connectivity index (χ1v) is 8.97. The lowest BCUT2D eigenvalue weighted by atomic mass is 10.0. The molecule has 2 aromatic carbocycles. The number of nitrogens with zero attached hydrogens (tertiary/aromatic N) is 1. The predicted molar refractivity (Wildman–Crippen MR) is 108 cm³/mol. The Bertz CT molecular complexity index is 1120. The molecule has 0 spiro atoms. The van der Waals surface area contributed by atoms with Crippen molar-refractivity contribution in [2.24, 2.45) is 0 Å². The summed E-state index contributed by atoms with van der Waals surface area (Å²) < 4.78 is 10.3. The predicted octanol–water partition coefficient (Wildman–Crippen LogP) is 2.44. The summed E-state index contributed by atoms with van der Waals surface area (Å²) in [5, 5.41) is 2.86. The van der Waals surface area contributed by atoms with Gasteiger partial charge in [-0.1, -0.05) is 24.3 Å². The summed E-state index contributed by atoms with van der Waals surface area (Å²) in [4.78, 5) is 38.7. The Morgan fingerprint density at radius 2 is 1.79 bits per heavy atom. The van der Waals surface area contributed by atoms with E-state index in [0.717, 1.165) is 16.7 Å². The first kappa shape index (κ1) is 18.6. The molecule has 1 N–H and O–H groups in total. The van der Waals surface area contributed by atoms with E-state index >= 15 is 0 Å². The average Bonchev–Trinajstić information content (AvgIpc) is 2.98. The van der Waals surface area contributed by atoms with Gasteiger partial charge in [-0.25, -0.2) is 4.79 Å². The van der Waals surface area contributed by atoms with E-state index in [2.05, 4.69) is 5.32 Å². The Kier molecular flexibility index (Phi) is 4.69. The zero-order valence-corrected chi connectivity index (χ0v) is 16.0. The van der Waals surface area contributed by atoms with Crippen LogP contribution in [0.2, 0.25) is 0 Å². The third-order valence-electron chi connectivity index (χ3n) is 4.39. The van der Waals surface area contributed by atoms with E-state index in [-0.39, 0.29) is 27.7 Å². The summed E-state index contributed by atoms with van der Waals surface area (Å²) in [6.45, 7) is 0. The van der Waals surface area contributed by atoms with Gasteiger partial charge in [0.2, 0.25) is 5.78 Å². The van der Waals surface area contributed by atoms with Gasteiger partial charge in [-0.2, -0.15) is 0 Å². The number of ketones is 1. The SMILES string of the molecule is COc1ccc(/C=C2\NC(=S)N(/C=C3/C(=O)Oc4ccccc4C3=O)C2=O)cc1. The van der Waals surface area contributed by atoms with E-state index < -0.39 is 17.7 Å². The van der Waals surface area contributed by atoms with E-state index in [1.165, 1.54) is 6.07 Å². The summed E-state index contributed by atoms with van der Waals surface area (Å²) >= 11 is 5.20. The molecular formula is C21H14N2O5S. The summed E-state index contributed by atoms with van der Waals surface area (Å²) in [6.07, 6.45) is 2.73. The molecule has 1 fully saturated rings. The smallest absolute Gasteiger partial charge is 0.349 e. The minimum atomic E-state index is -0.836. The Hall–Kier alpha value is -3.78. The highest BCUT2D eigenvalue weighted by molar-refractivity contribution is 7.80. The molecule has 0 saturated carbocycles. The number of ether oxygens (including phenoxy) is 2. The number of thiocarbonyl (C=S) groups is 1. The van der Waals surface area contributed by atoms with E-state index in [0.29, 0.717) is 5.75 Å². The van der Waals surface area contributed by atoms with Gasteiger partial charge in [-0.3, -0.25) is 14.5 Å². The van der Waals surface area contributed by atoms with Crippen LogP contribution in [0.3, 0.4) is 0 Å². The number of fused-ring (bicyclic) bond motifs is 1. The molecule has 2 aliphatic heterocycles. The molecule has 2 heterocycles. The lowest BCUT2D eigenvalue weighted by molar-refractivity contribution is -0.130. The maximum Gasteiger partial charge on any atom is 0.349 e. The number of para-hydroxylation sites is 1. The van der Waals surface area contributed by atoms with Crippen molar-refractivity contribution >= 4 is 41.1 Å². The van der Waals surface area contributed by atoms with Crippen molar-refractivity contribution in [1.29, 1.82) is 0 Å². The lowest BCUT2D eigenvalue weighted by Gasteiger charge is -2.18. The fourth-order valence-corrected chi connectivity index (χ4v) is 3.15. The minimum Gasteiger partial charge on any atom is -0.497 e. The molecule has 0 bridgehead atoms. The van der Waals surface area contributed by atoms with Crippen LogP contribution in [0, 0.1) is 0 Å². The van der Waals surface area contributed by atoms with E-state index in [1.54, 1.807) is 55.7 Å². The highest BCUT2D eigenvalue weighted by atomic mass is 32.1. The number of carbonyl (C=O) groups is 3. The quantitative estimate of drug-likeness (QED) is 0.276. The molecule has 0 atom stereocenters. The van der Waals surface area contributed by atoms with Gasteiger partial charge in [0, 0.05) is 6.20 Å². The Labute approximate surface area is 171 Å². The number of Topliss-reactive ketones (excluding diaryl/α,β-unsaturated/α-hetero) is 1. The molecule has 1 saturated heterocycles. The molecule has 7 nitrogen and oxygen atoms in total. The van der Waals surface area contributed by atoms with Gasteiger partial charge in [0.05, 0.1) is 12.7 Å². The number of amides is 1. The minimum absolute atomic E-state index is 0.0571. The molecule has 0 aliphatic carbocycles. The maximum atomic E-state index is 12.8. The van der Waals surface area contributed by atoms with Crippen molar-refractivity contribution in [3.05, 3.63) is 77.1 Å². The van der Waals surface area contributed by atoms with Gasteiger partial charge in [0.25, 0.3) is 5.91 Å². The van der Waals surface area contributed by atoms with Crippen LogP contribution in [0.25, 0.3) is 6.08 Å². The number of benzene rings is 2. The van der Waals surface area contributed by atoms with Crippen molar-refractivity contribution in [3.8, 4) is 11.5 Å². The van der Waals surface area contributed by atoms with Gasteiger partial charge >= 0.3 is 5.97 Å². The van der Waals surface area contributed by atoms with E-state index in [1.807, 2.05) is 0 Å². The van der Waals surface area contributed by atoms with Crippen molar-refractivity contribution in [2.45, 2.75) is 0 Å². The third-order valence-corrected chi connectivity index (χ3v) is 4.69. The first-order chi connectivity index (χ1) is 14.0. The van der Waals surface area contributed by atoms with Crippen molar-refractivity contribution in [2.75, 3.05) is 7.11 Å². The second-order valence-electron chi connectivity index (χ2n) is 6.19. The van der Waals surface area contributed by atoms with Gasteiger partial charge in [0.15, 0.2) is 5.11 Å². The average molecular weight is 406 g/mol. The molecule has 2 aliphatic rings. The Balaban J connectivity index is 1.63. The second kappa shape index (κ2) is 7.33. The van der Waals surface area contributed by atoms with Crippen molar-refractivity contribution in [3.63, 3.8) is 0 Å². The Morgan fingerprint density at radius 3 is 2.52 bits per heavy atom. The topological polar surface area (TPSA) is 84.9 Å². The Morgan fingerprint density at radius 1 is 1.07 bits per heavy atom. The third kappa shape index (κ3) is 3.41. The molecule has 0 radical (unpaired) electrons. The lowest BCUT2D eigenvalue weighted by Crippen LogP contribution is -2.31. The zero-order valence-electron chi connectivity index (χ0n) is 15.2. The molecule has 0 aromatic heterocycles. The summed E-state index contributed by atoms with van der Waals surface area (Å²) in [5.74, 6) is -0.975. The largest absolute Gasteiger partial charge is 0.497 e. The number of hydrogen-bond acceptors (Lipinski definition) is 6. The standard InChI is InChI=1S/C21H14N2O5S/c1-27-13-8-6-12(7-9-13)10-16-19(25)23(21(29)22-16)11-15-18(24)14-4-2-3-5-17(14)28-20(15)26/h2-11H,1H3,(H,22,29)/b15-11+,16-10-. The van der Waals surface area contributed by atoms with Crippen molar-refractivity contribution < 1.29 is 23.9 Å². The molecular weight excluding hydrogens is 392 g/mol. The molecule has 0 unspecified atom stereocenters. The van der Waals surface area contributed by atoms with Gasteiger partial charge in [-0.15, -0.1) is 0 Å². The first-order valence-electron chi connectivity index (χ1n) is 8.56. The van der Waals surface area contributed by atoms with Crippen LogP contribution in [0.5, 0.6) is 11.5 Å². The summed E-state index contributed by atoms with van der Waals surface area (Å²) in [6, 6.07) is 13.5. The van der Waals surface area contributed by atoms with Crippen LogP contribution in [0.15, 0.2) is 66.0 Å². The van der Waals surface area contributed by atoms with Gasteiger partial charge in [0.1, 0.15) is 22.8 Å². The number of rotatable bonds is 3. The van der Waals surface area contributed by atoms with Crippen LogP contribution in [0.1, 0.15) is 15.9 Å². The second-order valence-corrected chi connectivity index (χ2v) is 6.58. The number of carbonyl (C=O) groups excluding carboxylic acids is 3.